The standard InChI is InChI=1S/C25H27N5O3/c1-3-4-14-26-25(33)29-15-20-21(16-29)30(24(32)18-8-6-5-7-9-18)28-22(20)23(31)27-19-12-10-17(2)11-13-19/h5-13H,3-4,14-16H2,1-2H3,(H,26,33)(H,27,31). The first-order valence-corrected chi connectivity index (χ1v) is 11.1. The summed E-state index contributed by atoms with van der Waals surface area (Å²) in [5.41, 5.74) is 3.47. The van der Waals surface area contributed by atoms with Gasteiger partial charge in [-0.3, -0.25) is 9.59 Å². The third-order valence-electron chi connectivity index (χ3n) is 5.61. The quantitative estimate of drug-likeness (QED) is 0.562. The summed E-state index contributed by atoms with van der Waals surface area (Å²) >= 11 is 0. The van der Waals surface area contributed by atoms with E-state index in [1.54, 1.807) is 29.2 Å². The second-order valence-corrected chi connectivity index (χ2v) is 8.12. The van der Waals surface area contributed by atoms with Crippen molar-refractivity contribution in [1.29, 1.82) is 0 Å². The molecule has 170 valence electrons. The molecule has 0 bridgehead atoms. The summed E-state index contributed by atoms with van der Waals surface area (Å²) in [6.45, 7) is 5.02. The van der Waals surface area contributed by atoms with Crippen LogP contribution < -0.4 is 10.6 Å². The van der Waals surface area contributed by atoms with Crippen LogP contribution in [0.3, 0.4) is 0 Å². The van der Waals surface area contributed by atoms with Gasteiger partial charge in [0.25, 0.3) is 11.8 Å². The lowest BCUT2D eigenvalue weighted by Gasteiger charge is -2.17. The van der Waals surface area contributed by atoms with Gasteiger partial charge in [-0.05, 0) is 37.6 Å². The lowest BCUT2D eigenvalue weighted by atomic mass is 10.2. The Hall–Kier alpha value is -3.94. The average molecular weight is 446 g/mol. The average Bonchev–Trinajstić information content (AvgIpc) is 3.40. The van der Waals surface area contributed by atoms with Crippen molar-refractivity contribution < 1.29 is 14.4 Å². The van der Waals surface area contributed by atoms with E-state index < -0.39 is 5.91 Å². The van der Waals surface area contributed by atoms with E-state index in [1.807, 2.05) is 37.3 Å². The lowest BCUT2D eigenvalue weighted by molar-refractivity contribution is 0.0937. The maximum absolute atomic E-state index is 13.2. The fraction of sp³-hybridized carbons (Fsp3) is 0.280. The minimum atomic E-state index is -0.414. The molecule has 0 radical (unpaired) electrons. The van der Waals surface area contributed by atoms with Crippen LogP contribution in [0.5, 0.6) is 0 Å². The molecule has 1 aromatic heterocycles. The van der Waals surface area contributed by atoms with Crippen molar-refractivity contribution in [1.82, 2.24) is 20.0 Å². The molecule has 1 aliphatic rings. The summed E-state index contributed by atoms with van der Waals surface area (Å²) in [4.78, 5) is 40.5. The maximum Gasteiger partial charge on any atom is 0.318 e. The predicted molar refractivity (Wildman–Crippen MR) is 125 cm³/mol. The molecule has 0 saturated heterocycles. The molecule has 0 saturated carbocycles. The molecule has 3 amide bonds. The zero-order chi connectivity index (χ0) is 23.4. The highest BCUT2D eigenvalue weighted by atomic mass is 16.2. The Bertz CT molecular complexity index is 1170. The Morgan fingerprint density at radius 3 is 2.42 bits per heavy atom. The van der Waals surface area contributed by atoms with E-state index in [4.69, 9.17) is 0 Å². The fourth-order valence-electron chi connectivity index (χ4n) is 3.75. The van der Waals surface area contributed by atoms with Gasteiger partial charge in [0.2, 0.25) is 0 Å². The number of carbonyl (C=O) groups excluding carboxylic acids is 3. The molecule has 4 rings (SSSR count). The number of benzene rings is 2. The van der Waals surface area contributed by atoms with Gasteiger partial charge >= 0.3 is 6.03 Å². The van der Waals surface area contributed by atoms with Crippen molar-refractivity contribution in [3.05, 3.63) is 82.7 Å². The molecular weight excluding hydrogens is 418 g/mol. The van der Waals surface area contributed by atoms with Crippen LogP contribution in [0.1, 0.15) is 57.4 Å². The molecule has 0 atom stereocenters. The smallest absolute Gasteiger partial charge is 0.318 e. The SMILES string of the molecule is CCCCNC(=O)N1Cc2c(C(=O)Nc3ccc(C)cc3)nn(C(=O)c3ccccc3)c2C1. The maximum atomic E-state index is 13.2. The third-order valence-corrected chi connectivity index (χ3v) is 5.61. The second-order valence-electron chi connectivity index (χ2n) is 8.12. The largest absolute Gasteiger partial charge is 0.338 e. The first-order valence-electron chi connectivity index (χ1n) is 11.1. The summed E-state index contributed by atoms with van der Waals surface area (Å²) in [6, 6.07) is 16.0. The number of carbonyl (C=O) groups is 3. The van der Waals surface area contributed by atoms with Gasteiger partial charge in [0.15, 0.2) is 5.69 Å². The van der Waals surface area contributed by atoms with Gasteiger partial charge < -0.3 is 15.5 Å². The van der Waals surface area contributed by atoms with Crippen molar-refractivity contribution >= 4 is 23.5 Å². The van der Waals surface area contributed by atoms with Gasteiger partial charge in [-0.25, -0.2) is 4.79 Å². The van der Waals surface area contributed by atoms with Gasteiger partial charge in [-0.15, -0.1) is 0 Å². The zero-order valence-corrected chi connectivity index (χ0v) is 18.8. The van der Waals surface area contributed by atoms with Gasteiger partial charge in [0, 0.05) is 23.4 Å². The fourth-order valence-corrected chi connectivity index (χ4v) is 3.75. The van der Waals surface area contributed by atoms with Crippen LogP contribution in [0.4, 0.5) is 10.5 Å². The molecule has 8 heteroatoms. The monoisotopic (exact) mass is 445 g/mol. The van der Waals surface area contributed by atoms with E-state index in [-0.39, 0.29) is 30.7 Å². The van der Waals surface area contributed by atoms with E-state index in [9.17, 15) is 14.4 Å². The first-order chi connectivity index (χ1) is 16.0. The minimum Gasteiger partial charge on any atom is -0.338 e. The summed E-state index contributed by atoms with van der Waals surface area (Å²) in [5.74, 6) is -0.752. The van der Waals surface area contributed by atoms with Crippen LogP contribution in [0.25, 0.3) is 0 Å². The molecule has 2 N–H and O–H groups in total. The zero-order valence-electron chi connectivity index (χ0n) is 18.8. The van der Waals surface area contributed by atoms with E-state index >= 15 is 0 Å². The number of unbranched alkanes of at least 4 members (excludes halogenated alkanes) is 1. The van der Waals surface area contributed by atoms with Crippen LogP contribution >= 0.6 is 0 Å². The van der Waals surface area contributed by atoms with Crippen molar-refractivity contribution in [3.63, 3.8) is 0 Å². The van der Waals surface area contributed by atoms with E-state index in [0.717, 1.165) is 18.4 Å². The van der Waals surface area contributed by atoms with Crippen molar-refractivity contribution in [2.45, 2.75) is 39.8 Å². The molecule has 0 fully saturated rings. The molecule has 33 heavy (non-hydrogen) atoms. The Labute approximate surface area is 192 Å². The number of fused-ring (bicyclic) bond motifs is 1. The minimum absolute atomic E-state index is 0.152. The molecule has 2 heterocycles. The molecule has 2 aromatic carbocycles. The van der Waals surface area contributed by atoms with Crippen LogP contribution in [0, 0.1) is 6.92 Å². The Morgan fingerprint density at radius 1 is 1.00 bits per heavy atom. The molecule has 0 unspecified atom stereocenters. The van der Waals surface area contributed by atoms with Crippen LogP contribution in [-0.2, 0) is 13.1 Å². The van der Waals surface area contributed by atoms with Crippen molar-refractivity contribution in [2.24, 2.45) is 0 Å². The number of urea groups is 1. The number of aromatic nitrogens is 2. The molecule has 0 aliphatic carbocycles. The summed E-state index contributed by atoms with van der Waals surface area (Å²) in [5, 5.41) is 10.1. The van der Waals surface area contributed by atoms with E-state index in [2.05, 4.69) is 22.7 Å². The van der Waals surface area contributed by atoms with Crippen LogP contribution in [0.15, 0.2) is 54.6 Å². The van der Waals surface area contributed by atoms with Gasteiger partial charge in [0.1, 0.15) is 0 Å². The van der Waals surface area contributed by atoms with Gasteiger partial charge in [0.05, 0.1) is 18.8 Å². The number of amides is 3. The molecule has 3 aromatic rings. The highest BCUT2D eigenvalue weighted by molar-refractivity contribution is 6.05. The number of anilines is 1. The summed E-state index contributed by atoms with van der Waals surface area (Å²) in [6.07, 6.45) is 1.86. The normalized spacial score (nSPS) is 12.4. The van der Waals surface area contributed by atoms with Crippen LogP contribution in [-0.4, -0.2) is 39.1 Å². The molecule has 8 nitrogen and oxygen atoms in total. The Balaban J connectivity index is 1.64. The predicted octanol–water partition coefficient (Wildman–Crippen LogP) is 3.96. The first kappa shape index (κ1) is 22.3. The number of hydrogen-bond acceptors (Lipinski definition) is 4. The van der Waals surface area contributed by atoms with Gasteiger partial charge in [-0.1, -0.05) is 49.2 Å². The third kappa shape index (κ3) is 4.79. The number of nitrogens with zero attached hydrogens (tertiary/aromatic N) is 3. The Morgan fingerprint density at radius 2 is 1.73 bits per heavy atom. The second kappa shape index (κ2) is 9.68. The highest BCUT2D eigenvalue weighted by Crippen LogP contribution is 2.27. The van der Waals surface area contributed by atoms with Crippen molar-refractivity contribution in [2.75, 3.05) is 11.9 Å². The topological polar surface area (TPSA) is 96.3 Å². The summed E-state index contributed by atoms with van der Waals surface area (Å²) < 4.78 is 1.26. The Kier molecular flexibility index (Phi) is 6.53. The number of rotatable bonds is 6. The number of nitrogens with one attached hydrogen (secondary N) is 2. The number of aryl methyl sites for hydroxylation is 1. The number of hydrogen-bond donors (Lipinski definition) is 2. The molecular formula is C25H27N5O3. The highest BCUT2D eigenvalue weighted by Gasteiger charge is 2.34. The summed E-state index contributed by atoms with van der Waals surface area (Å²) in [7, 11) is 0. The van der Waals surface area contributed by atoms with Crippen LogP contribution in [0.2, 0.25) is 0 Å². The van der Waals surface area contributed by atoms with Crippen molar-refractivity contribution in [3.8, 4) is 0 Å². The van der Waals surface area contributed by atoms with E-state index in [0.29, 0.717) is 29.1 Å². The van der Waals surface area contributed by atoms with Gasteiger partial charge in [-0.2, -0.15) is 9.78 Å². The molecule has 1 aliphatic heterocycles. The molecule has 0 spiro atoms. The lowest BCUT2D eigenvalue weighted by Crippen LogP contribution is -2.37. The van der Waals surface area contributed by atoms with E-state index in [1.165, 1.54) is 4.68 Å².